The fourth-order valence-corrected chi connectivity index (χ4v) is 4.91. The highest BCUT2D eigenvalue weighted by atomic mass is 35.5. The number of halogens is 1. The number of nitrogens with one attached hydrogen (secondary N) is 1. The van der Waals surface area contributed by atoms with E-state index in [2.05, 4.69) is 17.4 Å². The molecule has 1 aromatic rings. The second-order valence-electron chi connectivity index (χ2n) is 7.77. The van der Waals surface area contributed by atoms with Crippen LogP contribution in [0.2, 0.25) is 0 Å². The fourth-order valence-electron chi connectivity index (χ4n) is 4.91. The average molecular weight is 365 g/mol. The lowest BCUT2D eigenvalue weighted by Crippen LogP contribution is -2.48. The van der Waals surface area contributed by atoms with E-state index < -0.39 is 0 Å². The average Bonchev–Trinajstić information content (AvgIpc) is 3.20. The van der Waals surface area contributed by atoms with Crippen molar-refractivity contribution in [2.45, 2.75) is 31.8 Å². The van der Waals surface area contributed by atoms with Crippen LogP contribution in [-0.4, -0.2) is 50.2 Å². The third kappa shape index (κ3) is 3.86. The number of nitrogens with zero attached hydrogens (tertiary/aromatic N) is 1. The number of rotatable bonds is 4. The maximum atomic E-state index is 12.8. The minimum atomic E-state index is 0. The van der Waals surface area contributed by atoms with E-state index in [0.717, 1.165) is 44.1 Å². The van der Waals surface area contributed by atoms with Gasteiger partial charge in [0, 0.05) is 37.6 Å². The second-order valence-corrected chi connectivity index (χ2v) is 7.77. The summed E-state index contributed by atoms with van der Waals surface area (Å²) in [6, 6.07) is 8.32. The van der Waals surface area contributed by atoms with Gasteiger partial charge in [-0.15, -0.1) is 12.4 Å². The van der Waals surface area contributed by atoms with E-state index in [0.29, 0.717) is 17.9 Å². The van der Waals surface area contributed by atoms with E-state index in [4.69, 9.17) is 4.74 Å². The Bertz CT molecular complexity index is 572. The molecule has 25 heavy (non-hydrogen) atoms. The number of ether oxygens (including phenoxy) is 1. The van der Waals surface area contributed by atoms with E-state index in [1.165, 1.54) is 24.8 Å². The highest BCUT2D eigenvalue weighted by Crippen LogP contribution is 2.38. The van der Waals surface area contributed by atoms with Crippen molar-refractivity contribution in [3.63, 3.8) is 0 Å². The predicted octanol–water partition coefficient (Wildman–Crippen LogP) is 2.76. The first kappa shape index (κ1) is 18.7. The summed E-state index contributed by atoms with van der Waals surface area (Å²) in [4.78, 5) is 14.9. The lowest BCUT2D eigenvalue weighted by atomic mass is 9.94. The number of methoxy groups -OCH3 is 1. The van der Waals surface area contributed by atoms with Crippen LogP contribution in [0.3, 0.4) is 0 Å². The molecule has 1 saturated carbocycles. The number of hydrogen-bond acceptors (Lipinski definition) is 3. The summed E-state index contributed by atoms with van der Waals surface area (Å²) >= 11 is 0. The molecule has 0 radical (unpaired) electrons. The first-order chi connectivity index (χ1) is 11.7. The monoisotopic (exact) mass is 364 g/mol. The Hall–Kier alpha value is -1.10. The molecule has 2 heterocycles. The summed E-state index contributed by atoms with van der Waals surface area (Å²) < 4.78 is 5.65. The molecule has 4 nitrogen and oxygen atoms in total. The van der Waals surface area contributed by atoms with Crippen molar-refractivity contribution in [1.82, 2.24) is 10.2 Å². The zero-order chi connectivity index (χ0) is 16.5. The van der Waals surface area contributed by atoms with Crippen molar-refractivity contribution in [3.05, 3.63) is 35.4 Å². The van der Waals surface area contributed by atoms with E-state index in [1.807, 2.05) is 24.1 Å². The Morgan fingerprint density at radius 1 is 1.16 bits per heavy atom. The number of carbonyl (C=O) groups excluding carboxylic acids is 1. The molecular weight excluding hydrogens is 336 g/mol. The highest BCUT2D eigenvalue weighted by Gasteiger charge is 2.43. The van der Waals surface area contributed by atoms with Gasteiger partial charge >= 0.3 is 0 Å². The summed E-state index contributed by atoms with van der Waals surface area (Å²) in [5, 5.41) is 3.42. The number of fused-ring (bicyclic) bond motifs is 2. The van der Waals surface area contributed by atoms with Crippen LogP contribution in [0.15, 0.2) is 24.3 Å². The van der Waals surface area contributed by atoms with E-state index in [1.54, 1.807) is 0 Å². The van der Waals surface area contributed by atoms with Gasteiger partial charge in [0.2, 0.25) is 0 Å². The maximum Gasteiger partial charge on any atom is 0.253 e. The van der Waals surface area contributed by atoms with Gasteiger partial charge in [-0.05, 0) is 62.4 Å². The van der Waals surface area contributed by atoms with Gasteiger partial charge in [0.05, 0.1) is 6.10 Å². The van der Waals surface area contributed by atoms with Gasteiger partial charge in [-0.25, -0.2) is 0 Å². The van der Waals surface area contributed by atoms with Crippen molar-refractivity contribution in [2.24, 2.45) is 17.8 Å². The zero-order valence-electron chi connectivity index (χ0n) is 14.9. The van der Waals surface area contributed by atoms with Gasteiger partial charge in [0.15, 0.2) is 0 Å². The van der Waals surface area contributed by atoms with E-state index in [9.17, 15) is 4.79 Å². The van der Waals surface area contributed by atoms with Crippen LogP contribution in [-0.2, 0) is 11.2 Å². The van der Waals surface area contributed by atoms with Crippen LogP contribution >= 0.6 is 12.4 Å². The van der Waals surface area contributed by atoms with Gasteiger partial charge in [-0.3, -0.25) is 4.79 Å². The highest BCUT2D eigenvalue weighted by molar-refractivity contribution is 5.94. The van der Waals surface area contributed by atoms with Crippen LogP contribution in [0.5, 0.6) is 0 Å². The van der Waals surface area contributed by atoms with Gasteiger partial charge < -0.3 is 15.0 Å². The Morgan fingerprint density at radius 3 is 2.40 bits per heavy atom. The van der Waals surface area contributed by atoms with Gasteiger partial charge in [-0.2, -0.15) is 0 Å². The molecule has 0 spiro atoms. The van der Waals surface area contributed by atoms with Crippen LogP contribution in [0, 0.1) is 17.8 Å². The van der Waals surface area contributed by atoms with Crippen molar-refractivity contribution < 1.29 is 9.53 Å². The largest absolute Gasteiger partial charge is 0.381 e. The SMILES string of the molecule is COC1[C@@H]2CC[C@H]1CN(C(=O)c1ccc(CC3CCNC3)cc1)C2.Cl. The number of carbonyl (C=O) groups is 1. The molecule has 2 unspecified atom stereocenters. The second kappa shape index (κ2) is 8.07. The molecule has 5 heteroatoms. The molecule has 4 rings (SSSR count). The van der Waals surface area contributed by atoms with Crippen LogP contribution < -0.4 is 5.32 Å². The topological polar surface area (TPSA) is 41.6 Å². The molecule has 2 aliphatic heterocycles. The standard InChI is InChI=1S/C20H28N2O2.ClH/c1-24-19-17-6-7-18(19)13-22(12-17)20(23)16-4-2-14(3-5-16)10-15-8-9-21-11-15;/h2-5,15,17-19,21H,6-13H2,1H3;1H/t15?,17-,18+,19?;. The van der Waals surface area contributed by atoms with Gasteiger partial charge in [-0.1, -0.05) is 12.1 Å². The normalized spacial score (nSPS) is 31.0. The molecule has 3 fully saturated rings. The molecule has 1 aromatic carbocycles. The minimum Gasteiger partial charge on any atom is -0.381 e. The lowest BCUT2D eigenvalue weighted by molar-refractivity contribution is -0.0113. The van der Waals surface area contributed by atoms with Crippen molar-refractivity contribution in [3.8, 4) is 0 Å². The quantitative estimate of drug-likeness (QED) is 0.893. The molecule has 4 atom stereocenters. The maximum absolute atomic E-state index is 12.8. The van der Waals surface area contributed by atoms with E-state index in [-0.39, 0.29) is 18.3 Å². The number of amides is 1. The molecule has 2 saturated heterocycles. The van der Waals surface area contributed by atoms with Crippen molar-refractivity contribution in [1.29, 1.82) is 0 Å². The number of piperidine rings is 1. The zero-order valence-corrected chi connectivity index (χ0v) is 15.8. The Balaban J connectivity index is 0.00000182. The van der Waals surface area contributed by atoms with Crippen LogP contribution in [0.25, 0.3) is 0 Å². The molecular formula is C20H29ClN2O2. The summed E-state index contributed by atoms with van der Waals surface area (Å²) in [5.74, 6) is 1.98. The third-order valence-electron chi connectivity index (χ3n) is 6.19. The van der Waals surface area contributed by atoms with Crippen LogP contribution in [0.4, 0.5) is 0 Å². The Morgan fingerprint density at radius 2 is 1.84 bits per heavy atom. The van der Waals surface area contributed by atoms with Crippen molar-refractivity contribution in [2.75, 3.05) is 33.3 Å². The predicted molar refractivity (Wildman–Crippen MR) is 101 cm³/mol. The molecule has 2 bridgehead atoms. The molecule has 3 aliphatic rings. The summed E-state index contributed by atoms with van der Waals surface area (Å²) in [6.45, 7) is 3.96. The summed E-state index contributed by atoms with van der Waals surface area (Å²) in [7, 11) is 1.81. The molecule has 138 valence electrons. The number of benzene rings is 1. The first-order valence-electron chi connectivity index (χ1n) is 9.36. The van der Waals surface area contributed by atoms with Gasteiger partial charge in [0.25, 0.3) is 5.91 Å². The van der Waals surface area contributed by atoms with Crippen LogP contribution in [0.1, 0.15) is 35.2 Å². The molecule has 1 amide bonds. The lowest BCUT2D eigenvalue weighted by Gasteiger charge is -2.37. The minimum absolute atomic E-state index is 0. The Kier molecular flexibility index (Phi) is 6.03. The number of likely N-dealkylation sites (tertiary alicyclic amines) is 1. The third-order valence-corrected chi connectivity index (χ3v) is 6.19. The van der Waals surface area contributed by atoms with E-state index >= 15 is 0 Å². The summed E-state index contributed by atoms with van der Waals surface area (Å²) in [5.41, 5.74) is 2.18. The first-order valence-corrected chi connectivity index (χ1v) is 9.36. The molecule has 0 aromatic heterocycles. The Labute approximate surface area is 156 Å². The number of hydrogen-bond donors (Lipinski definition) is 1. The van der Waals surface area contributed by atoms with Gasteiger partial charge in [0.1, 0.15) is 0 Å². The van der Waals surface area contributed by atoms with Crippen molar-refractivity contribution >= 4 is 18.3 Å². The molecule has 1 aliphatic carbocycles. The smallest absolute Gasteiger partial charge is 0.253 e. The fraction of sp³-hybridized carbons (Fsp3) is 0.650. The summed E-state index contributed by atoms with van der Waals surface area (Å²) in [6.07, 6.45) is 5.13. The molecule has 1 N–H and O–H groups in total.